The summed E-state index contributed by atoms with van der Waals surface area (Å²) >= 11 is 0. The molecule has 0 unspecified atom stereocenters. The lowest BCUT2D eigenvalue weighted by Crippen LogP contribution is -2.35. The summed E-state index contributed by atoms with van der Waals surface area (Å²) in [4.78, 5) is 23.5. The van der Waals surface area contributed by atoms with E-state index in [1.807, 2.05) is 12.1 Å². The third-order valence-corrected chi connectivity index (χ3v) is 4.67. The van der Waals surface area contributed by atoms with Crippen molar-refractivity contribution >= 4 is 17.5 Å². The maximum atomic E-state index is 12.1. The number of benzene rings is 1. The number of anilines is 1. The Morgan fingerprint density at radius 3 is 2.36 bits per heavy atom. The topological polar surface area (TPSA) is 98.2 Å². The molecule has 0 heterocycles. The van der Waals surface area contributed by atoms with Crippen LogP contribution in [0.5, 0.6) is 0 Å². The monoisotopic (exact) mass is 303 g/mol. The maximum Gasteiger partial charge on any atom is 0.227 e. The van der Waals surface area contributed by atoms with Gasteiger partial charge in [0.15, 0.2) is 0 Å². The molecule has 1 aliphatic carbocycles. The van der Waals surface area contributed by atoms with Gasteiger partial charge in [-0.25, -0.2) is 0 Å². The Morgan fingerprint density at radius 1 is 1.23 bits per heavy atom. The zero-order valence-electron chi connectivity index (χ0n) is 13.3. The van der Waals surface area contributed by atoms with Crippen LogP contribution >= 0.6 is 0 Å². The molecule has 5 heteroatoms. The first kappa shape index (κ1) is 16.5. The van der Waals surface area contributed by atoms with E-state index in [1.165, 1.54) is 0 Å². The van der Waals surface area contributed by atoms with E-state index in [4.69, 9.17) is 11.5 Å². The van der Waals surface area contributed by atoms with Crippen molar-refractivity contribution in [1.82, 2.24) is 0 Å². The molecule has 1 fully saturated rings. The third-order valence-electron chi connectivity index (χ3n) is 4.67. The number of nitrogens with one attached hydrogen (secondary N) is 1. The van der Waals surface area contributed by atoms with E-state index >= 15 is 0 Å². The lowest BCUT2D eigenvalue weighted by atomic mass is 9.84. The van der Waals surface area contributed by atoms with Crippen LogP contribution in [0.1, 0.15) is 45.1 Å². The molecule has 0 aromatic heterocycles. The van der Waals surface area contributed by atoms with E-state index < -0.39 is 5.41 Å². The SMILES string of the molecule is CC(C)(C(N)=O)c1ccc(NC(=O)C[C@@H]2CCC[C@H]2N)cc1. The van der Waals surface area contributed by atoms with E-state index in [9.17, 15) is 9.59 Å². The lowest BCUT2D eigenvalue weighted by molar-refractivity contribution is -0.122. The van der Waals surface area contributed by atoms with Crippen molar-refractivity contribution in [3.05, 3.63) is 29.8 Å². The van der Waals surface area contributed by atoms with Crippen LogP contribution in [-0.4, -0.2) is 17.9 Å². The molecule has 1 aromatic carbocycles. The number of primary amides is 1. The molecule has 1 saturated carbocycles. The zero-order chi connectivity index (χ0) is 16.3. The summed E-state index contributed by atoms with van der Waals surface area (Å²) in [7, 11) is 0. The Bertz CT molecular complexity index is 552. The van der Waals surface area contributed by atoms with Gasteiger partial charge in [-0.1, -0.05) is 18.6 Å². The van der Waals surface area contributed by atoms with Crippen LogP contribution in [0.15, 0.2) is 24.3 Å². The third kappa shape index (κ3) is 3.65. The number of carbonyl (C=O) groups is 2. The van der Waals surface area contributed by atoms with Crippen LogP contribution in [0, 0.1) is 5.92 Å². The van der Waals surface area contributed by atoms with Crippen LogP contribution in [-0.2, 0) is 15.0 Å². The van der Waals surface area contributed by atoms with Gasteiger partial charge in [0, 0.05) is 18.2 Å². The average Bonchev–Trinajstić information content (AvgIpc) is 2.84. The highest BCUT2D eigenvalue weighted by atomic mass is 16.2. The van der Waals surface area contributed by atoms with Gasteiger partial charge in [0.1, 0.15) is 0 Å². The molecule has 1 aliphatic rings. The molecule has 0 radical (unpaired) electrons. The van der Waals surface area contributed by atoms with Gasteiger partial charge in [0.05, 0.1) is 5.41 Å². The van der Waals surface area contributed by atoms with E-state index in [1.54, 1.807) is 26.0 Å². The van der Waals surface area contributed by atoms with Crippen LogP contribution in [0.4, 0.5) is 5.69 Å². The fourth-order valence-electron chi connectivity index (χ4n) is 2.88. The highest BCUT2D eigenvalue weighted by Crippen LogP contribution is 2.28. The quantitative estimate of drug-likeness (QED) is 0.775. The first-order valence-electron chi connectivity index (χ1n) is 7.76. The highest BCUT2D eigenvalue weighted by molar-refractivity contribution is 5.91. The first-order valence-corrected chi connectivity index (χ1v) is 7.76. The van der Waals surface area contributed by atoms with E-state index in [2.05, 4.69) is 5.32 Å². The largest absolute Gasteiger partial charge is 0.369 e. The van der Waals surface area contributed by atoms with E-state index in [0.29, 0.717) is 6.42 Å². The van der Waals surface area contributed by atoms with Gasteiger partial charge in [-0.15, -0.1) is 0 Å². The van der Waals surface area contributed by atoms with Crippen molar-refractivity contribution < 1.29 is 9.59 Å². The van der Waals surface area contributed by atoms with Crippen molar-refractivity contribution in [2.75, 3.05) is 5.32 Å². The maximum absolute atomic E-state index is 12.1. The Morgan fingerprint density at radius 2 is 1.86 bits per heavy atom. The minimum Gasteiger partial charge on any atom is -0.369 e. The second-order valence-electron chi connectivity index (χ2n) is 6.67. The van der Waals surface area contributed by atoms with Gasteiger partial charge >= 0.3 is 0 Å². The molecule has 22 heavy (non-hydrogen) atoms. The Hall–Kier alpha value is -1.88. The number of hydrogen-bond donors (Lipinski definition) is 3. The standard InChI is InChI=1S/C17H25N3O2/c1-17(2,16(19)22)12-6-8-13(9-7-12)20-15(21)10-11-4-3-5-14(11)18/h6-9,11,14H,3-5,10,18H2,1-2H3,(H2,19,22)(H,20,21)/t11-,14+/m0/s1. The summed E-state index contributed by atoms with van der Waals surface area (Å²) in [5.74, 6) is -0.100. The molecule has 120 valence electrons. The number of carbonyl (C=O) groups excluding carboxylic acids is 2. The normalized spacial score (nSPS) is 21.6. The van der Waals surface area contributed by atoms with Crippen LogP contribution < -0.4 is 16.8 Å². The second kappa shape index (κ2) is 6.48. The predicted molar refractivity (Wildman–Crippen MR) is 87.2 cm³/mol. The van der Waals surface area contributed by atoms with Crippen molar-refractivity contribution in [3.8, 4) is 0 Å². The minimum atomic E-state index is -0.723. The number of amides is 2. The Labute approximate surface area is 131 Å². The summed E-state index contributed by atoms with van der Waals surface area (Å²) in [6.45, 7) is 3.56. The van der Waals surface area contributed by atoms with E-state index in [-0.39, 0.29) is 23.8 Å². The molecule has 2 rings (SSSR count). The van der Waals surface area contributed by atoms with Gasteiger partial charge in [0.2, 0.25) is 11.8 Å². The van der Waals surface area contributed by atoms with Crippen molar-refractivity contribution in [2.24, 2.45) is 17.4 Å². The molecule has 5 nitrogen and oxygen atoms in total. The van der Waals surface area contributed by atoms with Crippen LogP contribution in [0.25, 0.3) is 0 Å². The summed E-state index contributed by atoms with van der Waals surface area (Å²) in [6.07, 6.45) is 3.61. The van der Waals surface area contributed by atoms with Gasteiger partial charge in [-0.3, -0.25) is 9.59 Å². The number of nitrogens with two attached hydrogens (primary N) is 2. The average molecular weight is 303 g/mol. The molecule has 2 amide bonds. The van der Waals surface area contributed by atoms with Gasteiger partial charge < -0.3 is 16.8 Å². The molecule has 0 spiro atoms. The molecule has 1 aromatic rings. The molecule has 0 bridgehead atoms. The zero-order valence-corrected chi connectivity index (χ0v) is 13.3. The lowest BCUT2D eigenvalue weighted by Gasteiger charge is -2.21. The predicted octanol–water partition coefficient (Wildman–Crippen LogP) is 1.91. The smallest absolute Gasteiger partial charge is 0.227 e. The number of rotatable bonds is 5. The summed E-state index contributed by atoms with van der Waals surface area (Å²) < 4.78 is 0. The van der Waals surface area contributed by atoms with Crippen LogP contribution in [0.2, 0.25) is 0 Å². The highest BCUT2D eigenvalue weighted by Gasteiger charge is 2.28. The molecular formula is C17H25N3O2. The van der Waals surface area contributed by atoms with Crippen molar-refractivity contribution in [1.29, 1.82) is 0 Å². The summed E-state index contributed by atoms with van der Waals surface area (Å²) in [6, 6.07) is 7.38. The summed E-state index contributed by atoms with van der Waals surface area (Å²) in [5.41, 5.74) is 12.2. The fraction of sp³-hybridized carbons (Fsp3) is 0.529. The molecular weight excluding hydrogens is 278 g/mol. The van der Waals surface area contributed by atoms with Gasteiger partial charge in [0.25, 0.3) is 0 Å². The number of hydrogen-bond acceptors (Lipinski definition) is 3. The molecule has 0 saturated heterocycles. The first-order chi connectivity index (χ1) is 10.3. The van der Waals surface area contributed by atoms with Crippen LogP contribution in [0.3, 0.4) is 0 Å². The van der Waals surface area contributed by atoms with Gasteiger partial charge in [-0.05, 0) is 50.3 Å². The van der Waals surface area contributed by atoms with Gasteiger partial charge in [-0.2, -0.15) is 0 Å². The van der Waals surface area contributed by atoms with E-state index in [0.717, 1.165) is 30.5 Å². The summed E-state index contributed by atoms with van der Waals surface area (Å²) in [5, 5.41) is 2.89. The molecule has 5 N–H and O–H groups in total. The molecule has 0 aliphatic heterocycles. The fourth-order valence-corrected chi connectivity index (χ4v) is 2.88. The second-order valence-corrected chi connectivity index (χ2v) is 6.67. The van der Waals surface area contributed by atoms with Crippen molar-refractivity contribution in [2.45, 2.75) is 51.0 Å². The minimum absolute atomic E-state index is 0.00994. The Kier molecular flexibility index (Phi) is 4.86. The molecule has 2 atom stereocenters. The van der Waals surface area contributed by atoms with Crippen molar-refractivity contribution in [3.63, 3.8) is 0 Å². The Balaban J connectivity index is 1.96.